The predicted molar refractivity (Wildman–Crippen MR) is 125 cm³/mol. The molecule has 3 aliphatic rings. The number of carbonyl (C=O) groups is 1. The van der Waals surface area contributed by atoms with Gasteiger partial charge in [0.25, 0.3) is 11.9 Å². The van der Waals surface area contributed by atoms with Gasteiger partial charge in [0.15, 0.2) is 5.58 Å². The summed E-state index contributed by atoms with van der Waals surface area (Å²) in [6.07, 6.45) is 5.86. The van der Waals surface area contributed by atoms with Gasteiger partial charge in [-0.05, 0) is 58.7 Å². The lowest BCUT2D eigenvalue weighted by atomic mass is 9.82. The number of hydrogen-bond acceptors (Lipinski definition) is 6. The fraction of sp³-hybridized carbons (Fsp3) is 0.652. The number of hydrogen-bond donors (Lipinski definition) is 2. The molecule has 1 aromatic carbocycles. The van der Waals surface area contributed by atoms with Gasteiger partial charge in [0, 0.05) is 43.3 Å². The van der Waals surface area contributed by atoms with E-state index in [-0.39, 0.29) is 36.4 Å². The molecule has 31 heavy (non-hydrogen) atoms. The molecule has 0 spiro atoms. The first-order chi connectivity index (χ1) is 14.5. The van der Waals surface area contributed by atoms with E-state index in [1.807, 2.05) is 18.2 Å². The Bertz CT molecular complexity index is 910. The van der Waals surface area contributed by atoms with Crippen LogP contribution in [0.15, 0.2) is 22.6 Å². The van der Waals surface area contributed by atoms with E-state index < -0.39 is 0 Å². The van der Waals surface area contributed by atoms with Gasteiger partial charge in [-0.2, -0.15) is 4.98 Å². The summed E-state index contributed by atoms with van der Waals surface area (Å²) in [6, 6.07) is 8.26. The maximum Gasteiger partial charge on any atom is 0.298 e. The van der Waals surface area contributed by atoms with E-state index in [0.717, 1.165) is 25.9 Å². The summed E-state index contributed by atoms with van der Waals surface area (Å²) in [4.78, 5) is 22.7. The van der Waals surface area contributed by atoms with E-state index in [4.69, 9.17) is 9.40 Å². The molecule has 2 bridgehead atoms. The van der Waals surface area contributed by atoms with E-state index in [1.54, 1.807) is 0 Å². The summed E-state index contributed by atoms with van der Waals surface area (Å²) in [5.41, 5.74) is 1.95. The van der Waals surface area contributed by atoms with Crippen molar-refractivity contribution in [3.05, 3.63) is 23.8 Å². The average molecular weight is 448 g/mol. The minimum absolute atomic E-state index is 0. The molecule has 4 heterocycles. The lowest BCUT2D eigenvalue weighted by molar-refractivity contribution is 0.0463. The highest BCUT2D eigenvalue weighted by molar-refractivity contribution is 6.04. The van der Waals surface area contributed by atoms with Crippen LogP contribution in [0.2, 0.25) is 0 Å². The zero-order chi connectivity index (χ0) is 20.8. The highest BCUT2D eigenvalue weighted by atomic mass is 35.5. The minimum Gasteiger partial charge on any atom is -0.423 e. The molecule has 170 valence electrons. The number of carbonyl (C=O) groups excluding carboxylic acids is 1. The smallest absolute Gasteiger partial charge is 0.298 e. The predicted octanol–water partition coefficient (Wildman–Crippen LogP) is 3.18. The Morgan fingerprint density at radius 2 is 1.84 bits per heavy atom. The van der Waals surface area contributed by atoms with Crippen molar-refractivity contribution in [2.75, 3.05) is 25.0 Å². The number of halogens is 1. The molecule has 3 fully saturated rings. The Balaban J connectivity index is 0.00000231. The van der Waals surface area contributed by atoms with Crippen LogP contribution in [0.3, 0.4) is 0 Å². The molecule has 2 aromatic rings. The Labute approximate surface area is 190 Å². The van der Waals surface area contributed by atoms with Gasteiger partial charge >= 0.3 is 0 Å². The molecule has 0 aliphatic carbocycles. The van der Waals surface area contributed by atoms with E-state index in [0.29, 0.717) is 34.8 Å². The van der Waals surface area contributed by atoms with Crippen LogP contribution in [-0.4, -0.2) is 66.1 Å². The number of aromatic nitrogens is 1. The summed E-state index contributed by atoms with van der Waals surface area (Å²) in [5, 5.41) is 6.75. The van der Waals surface area contributed by atoms with Crippen LogP contribution in [0.25, 0.3) is 11.1 Å². The molecular formula is C23H34ClN5O2. The van der Waals surface area contributed by atoms with E-state index in [1.165, 1.54) is 19.3 Å². The van der Waals surface area contributed by atoms with Gasteiger partial charge in [0.1, 0.15) is 5.52 Å². The van der Waals surface area contributed by atoms with Gasteiger partial charge < -0.3 is 24.9 Å². The van der Waals surface area contributed by atoms with Crippen LogP contribution in [0.4, 0.5) is 6.01 Å². The largest absolute Gasteiger partial charge is 0.423 e. The Hall–Kier alpha value is -1.83. The van der Waals surface area contributed by atoms with Gasteiger partial charge in [-0.1, -0.05) is 12.5 Å². The second-order valence-electron chi connectivity index (χ2n) is 9.46. The SMILES string of the molecule is C[C@@H]1CNC[C@H](C)N1c1nc2c(C(=O)NC3CC4CCCC(C3)N4C)cccc2o1.Cl. The molecule has 3 aliphatic heterocycles. The molecule has 8 heteroatoms. The lowest BCUT2D eigenvalue weighted by Crippen LogP contribution is -2.55. The number of piperazine rings is 1. The molecule has 7 nitrogen and oxygen atoms in total. The highest BCUT2D eigenvalue weighted by Gasteiger charge is 2.37. The highest BCUT2D eigenvalue weighted by Crippen LogP contribution is 2.33. The zero-order valence-electron chi connectivity index (χ0n) is 18.6. The minimum atomic E-state index is -0.0329. The first-order valence-corrected chi connectivity index (χ1v) is 11.4. The molecule has 2 N–H and O–H groups in total. The maximum absolute atomic E-state index is 13.2. The third kappa shape index (κ3) is 4.15. The number of amides is 1. The lowest BCUT2D eigenvalue weighted by Gasteiger charge is -2.47. The van der Waals surface area contributed by atoms with Crippen LogP contribution >= 0.6 is 12.4 Å². The molecule has 0 radical (unpaired) electrons. The monoisotopic (exact) mass is 447 g/mol. The van der Waals surface area contributed by atoms with Crippen LogP contribution in [0, 0.1) is 0 Å². The maximum atomic E-state index is 13.2. The molecule has 3 saturated heterocycles. The number of oxazole rings is 1. The molecular weight excluding hydrogens is 414 g/mol. The Kier molecular flexibility index (Phi) is 6.47. The number of nitrogens with zero attached hydrogens (tertiary/aromatic N) is 3. The number of benzene rings is 1. The summed E-state index contributed by atoms with van der Waals surface area (Å²) < 4.78 is 6.10. The number of rotatable bonds is 3. The molecule has 1 amide bonds. The zero-order valence-corrected chi connectivity index (χ0v) is 19.5. The van der Waals surface area contributed by atoms with Crippen molar-refractivity contribution >= 4 is 35.4 Å². The third-order valence-electron chi connectivity index (χ3n) is 7.38. The topological polar surface area (TPSA) is 73.6 Å². The summed E-state index contributed by atoms with van der Waals surface area (Å²) in [6.45, 7) is 6.13. The van der Waals surface area contributed by atoms with Crippen LogP contribution < -0.4 is 15.5 Å². The molecule has 1 aromatic heterocycles. The van der Waals surface area contributed by atoms with Gasteiger partial charge in [-0.15, -0.1) is 12.4 Å². The van der Waals surface area contributed by atoms with Gasteiger partial charge in [-0.3, -0.25) is 4.79 Å². The summed E-state index contributed by atoms with van der Waals surface area (Å²) >= 11 is 0. The van der Waals surface area contributed by atoms with Crippen molar-refractivity contribution in [3.8, 4) is 0 Å². The standard InChI is InChI=1S/C23H33N5O2.ClH/c1-14-12-24-13-15(2)28(14)23-26-21-19(8-5-9-20(21)30-23)22(29)25-16-10-17-6-4-7-18(11-16)27(17)3;/h5,8-9,14-18,24H,4,6-7,10-13H2,1-3H3,(H,25,29);1H/t14-,15+,16?,17?,18?;. The molecule has 0 saturated carbocycles. The number of nitrogens with one attached hydrogen (secondary N) is 2. The molecule has 4 atom stereocenters. The number of fused-ring (bicyclic) bond motifs is 3. The number of piperidine rings is 2. The summed E-state index contributed by atoms with van der Waals surface area (Å²) in [5.74, 6) is -0.0329. The van der Waals surface area contributed by atoms with Crippen molar-refractivity contribution < 1.29 is 9.21 Å². The van der Waals surface area contributed by atoms with Crippen molar-refractivity contribution in [1.82, 2.24) is 20.5 Å². The molecule has 2 unspecified atom stereocenters. The quantitative estimate of drug-likeness (QED) is 0.752. The molecule has 5 rings (SSSR count). The number of para-hydroxylation sites is 1. The second-order valence-corrected chi connectivity index (χ2v) is 9.46. The normalized spacial score (nSPS) is 31.3. The van der Waals surface area contributed by atoms with Gasteiger partial charge in [0.2, 0.25) is 0 Å². The second kappa shape index (κ2) is 8.96. The third-order valence-corrected chi connectivity index (χ3v) is 7.38. The fourth-order valence-electron chi connectivity index (χ4n) is 5.74. The summed E-state index contributed by atoms with van der Waals surface area (Å²) in [7, 11) is 2.24. The average Bonchev–Trinajstić information content (AvgIpc) is 3.12. The van der Waals surface area contributed by atoms with Gasteiger partial charge in [-0.25, -0.2) is 0 Å². The van der Waals surface area contributed by atoms with Crippen molar-refractivity contribution in [2.24, 2.45) is 0 Å². The van der Waals surface area contributed by atoms with Crippen molar-refractivity contribution in [2.45, 2.75) is 76.2 Å². The first kappa shape index (κ1) is 22.4. The van der Waals surface area contributed by atoms with E-state index in [9.17, 15) is 4.79 Å². The van der Waals surface area contributed by atoms with Crippen LogP contribution in [0.1, 0.15) is 56.3 Å². The van der Waals surface area contributed by atoms with Crippen LogP contribution in [0.5, 0.6) is 0 Å². The van der Waals surface area contributed by atoms with E-state index >= 15 is 0 Å². The van der Waals surface area contributed by atoms with Gasteiger partial charge in [0.05, 0.1) is 5.56 Å². The van der Waals surface area contributed by atoms with Crippen molar-refractivity contribution in [3.63, 3.8) is 0 Å². The Morgan fingerprint density at radius 1 is 1.16 bits per heavy atom. The van der Waals surface area contributed by atoms with Crippen LogP contribution in [-0.2, 0) is 0 Å². The van der Waals surface area contributed by atoms with Crippen molar-refractivity contribution in [1.29, 1.82) is 0 Å². The van der Waals surface area contributed by atoms with E-state index in [2.05, 4.69) is 41.3 Å². The Morgan fingerprint density at radius 3 is 2.52 bits per heavy atom. The first-order valence-electron chi connectivity index (χ1n) is 11.4. The number of anilines is 1. The fourth-order valence-corrected chi connectivity index (χ4v) is 5.74.